The van der Waals surface area contributed by atoms with E-state index < -0.39 is 16.0 Å². The first kappa shape index (κ1) is 21.3. The van der Waals surface area contributed by atoms with E-state index in [4.69, 9.17) is 9.47 Å². The molecule has 0 spiro atoms. The average Bonchev–Trinajstić information content (AvgIpc) is 3.11. The fourth-order valence-corrected chi connectivity index (χ4v) is 4.69. The highest BCUT2D eigenvalue weighted by molar-refractivity contribution is 7.92. The molecule has 158 valence electrons. The summed E-state index contributed by atoms with van der Waals surface area (Å²) in [6, 6.07) is 6.52. The van der Waals surface area contributed by atoms with Crippen LogP contribution in [0.5, 0.6) is 0 Å². The minimum absolute atomic E-state index is 0.0489. The SMILES string of the molecule is CCOC(=O)c1n[nH]c([C@H]2CC[C@@H](OC)CC2)c1NS(=O)(=O)c1ccc(C)cc1. The number of nitrogens with zero attached hydrogens (tertiary/aromatic N) is 1. The quantitative estimate of drug-likeness (QED) is 0.663. The number of hydrogen-bond donors (Lipinski definition) is 2. The highest BCUT2D eigenvalue weighted by Gasteiger charge is 2.31. The first-order valence-electron chi connectivity index (χ1n) is 9.73. The topological polar surface area (TPSA) is 110 Å². The van der Waals surface area contributed by atoms with Crippen molar-refractivity contribution in [2.45, 2.75) is 56.4 Å². The molecule has 0 radical (unpaired) electrons. The van der Waals surface area contributed by atoms with Crippen LogP contribution in [0.25, 0.3) is 0 Å². The van der Waals surface area contributed by atoms with Crippen LogP contribution in [0.4, 0.5) is 5.69 Å². The van der Waals surface area contributed by atoms with E-state index in [0.717, 1.165) is 31.2 Å². The smallest absolute Gasteiger partial charge is 0.361 e. The largest absolute Gasteiger partial charge is 0.461 e. The summed E-state index contributed by atoms with van der Waals surface area (Å²) in [5.74, 6) is -0.616. The molecule has 8 nitrogen and oxygen atoms in total. The number of H-pyrrole nitrogens is 1. The standard InChI is InChI=1S/C20H27N3O5S/c1-4-28-20(24)19-18(23-29(25,26)16-11-5-13(2)6-12-16)17(21-22-19)14-7-9-15(27-3)10-8-14/h5-6,11-12,14-15,23H,4,7-10H2,1-3H3,(H,21,22)/t14-,15+. The van der Waals surface area contributed by atoms with E-state index in [1.165, 1.54) is 12.1 Å². The number of nitrogens with one attached hydrogen (secondary N) is 2. The Kier molecular flexibility index (Phi) is 6.59. The lowest BCUT2D eigenvalue weighted by atomic mass is 9.84. The minimum Gasteiger partial charge on any atom is -0.461 e. The normalized spacial score (nSPS) is 19.7. The fourth-order valence-electron chi connectivity index (χ4n) is 3.60. The molecule has 1 aliphatic rings. The average molecular weight is 422 g/mol. The molecule has 0 bridgehead atoms. The van der Waals surface area contributed by atoms with Gasteiger partial charge in [0.05, 0.1) is 23.3 Å². The number of hydrogen-bond acceptors (Lipinski definition) is 6. The van der Waals surface area contributed by atoms with Crippen LogP contribution in [0, 0.1) is 6.92 Å². The summed E-state index contributed by atoms with van der Waals surface area (Å²) in [5.41, 5.74) is 1.68. The molecule has 1 fully saturated rings. The van der Waals surface area contributed by atoms with Gasteiger partial charge in [-0.15, -0.1) is 0 Å². The number of rotatable bonds is 7. The van der Waals surface area contributed by atoms with Crippen molar-refractivity contribution in [3.63, 3.8) is 0 Å². The third-order valence-corrected chi connectivity index (χ3v) is 6.61. The third-order valence-electron chi connectivity index (χ3n) is 5.25. The molecule has 1 aromatic carbocycles. The zero-order chi connectivity index (χ0) is 21.0. The van der Waals surface area contributed by atoms with Gasteiger partial charge in [0.2, 0.25) is 0 Å². The molecule has 0 atom stereocenters. The minimum atomic E-state index is -3.89. The number of esters is 1. The molecule has 1 heterocycles. The number of ether oxygens (including phenoxy) is 2. The van der Waals surface area contributed by atoms with E-state index in [0.29, 0.717) is 5.69 Å². The Labute approximate surface area is 171 Å². The summed E-state index contributed by atoms with van der Waals surface area (Å²) in [4.78, 5) is 12.5. The number of aryl methyl sites for hydroxylation is 1. The monoisotopic (exact) mass is 421 g/mol. The Bertz CT molecular complexity index is 945. The summed E-state index contributed by atoms with van der Waals surface area (Å²) in [5, 5.41) is 6.96. The van der Waals surface area contributed by atoms with Crippen LogP contribution in [0.3, 0.4) is 0 Å². The summed E-state index contributed by atoms with van der Waals surface area (Å²) in [6.45, 7) is 3.74. The number of aromatic nitrogens is 2. The fraction of sp³-hybridized carbons (Fsp3) is 0.500. The van der Waals surface area contributed by atoms with Gasteiger partial charge in [-0.05, 0) is 51.7 Å². The summed E-state index contributed by atoms with van der Waals surface area (Å²) in [6.07, 6.45) is 3.54. The molecule has 3 rings (SSSR count). The Balaban J connectivity index is 1.95. The lowest BCUT2D eigenvalue weighted by molar-refractivity contribution is 0.0520. The van der Waals surface area contributed by atoms with Gasteiger partial charge in [-0.2, -0.15) is 5.10 Å². The molecule has 0 amide bonds. The van der Waals surface area contributed by atoms with Gasteiger partial charge in [0.15, 0.2) is 5.69 Å². The predicted octanol–water partition coefficient (Wildman–Crippen LogP) is 3.37. The van der Waals surface area contributed by atoms with Gasteiger partial charge in [-0.25, -0.2) is 13.2 Å². The van der Waals surface area contributed by atoms with E-state index in [1.807, 2.05) is 6.92 Å². The second-order valence-electron chi connectivity index (χ2n) is 7.21. The van der Waals surface area contributed by atoms with Gasteiger partial charge in [0.1, 0.15) is 5.69 Å². The summed E-state index contributed by atoms with van der Waals surface area (Å²) >= 11 is 0. The zero-order valence-electron chi connectivity index (χ0n) is 16.9. The molecule has 1 saturated carbocycles. The first-order valence-corrected chi connectivity index (χ1v) is 11.2. The second kappa shape index (κ2) is 8.96. The number of carbonyl (C=O) groups excluding carboxylic acids is 1. The van der Waals surface area contributed by atoms with Crippen LogP contribution in [0.2, 0.25) is 0 Å². The van der Waals surface area contributed by atoms with Crippen molar-refractivity contribution in [3.05, 3.63) is 41.2 Å². The molecular formula is C20H27N3O5S. The zero-order valence-corrected chi connectivity index (χ0v) is 17.7. The highest BCUT2D eigenvalue weighted by Crippen LogP contribution is 2.38. The van der Waals surface area contributed by atoms with Crippen molar-refractivity contribution >= 4 is 21.7 Å². The van der Waals surface area contributed by atoms with Crippen LogP contribution >= 0.6 is 0 Å². The Morgan fingerprint density at radius 1 is 1.21 bits per heavy atom. The molecule has 29 heavy (non-hydrogen) atoms. The van der Waals surface area contributed by atoms with Crippen LogP contribution in [-0.2, 0) is 19.5 Å². The maximum atomic E-state index is 13.0. The summed E-state index contributed by atoms with van der Waals surface area (Å²) < 4.78 is 39.0. The van der Waals surface area contributed by atoms with E-state index in [1.54, 1.807) is 26.2 Å². The van der Waals surface area contributed by atoms with Gasteiger partial charge in [-0.1, -0.05) is 17.7 Å². The van der Waals surface area contributed by atoms with Crippen molar-refractivity contribution in [2.75, 3.05) is 18.4 Å². The van der Waals surface area contributed by atoms with Gasteiger partial charge < -0.3 is 9.47 Å². The van der Waals surface area contributed by atoms with Gasteiger partial charge in [0, 0.05) is 13.0 Å². The Morgan fingerprint density at radius 2 is 1.86 bits per heavy atom. The molecule has 1 aliphatic carbocycles. The number of aromatic amines is 1. The van der Waals surface area contributed by atoms with E-state index in [-0.39, 0.29) is 34.9 Å². The van der Waals surface area contributed by atoms with Crippen LogP contribution in [-0.4, -0.2) is 44.4 Å². The lowest BCUT2D eigenvalue weighted by Gasteiger charge is -2.27. The number of sulfonamides is 1. The number of anilines is 1. The third kappa shape index (κ3) is 4.79. The Morgan fingerprint density at radius 3 is 2.45 bits per heavy atom. The second-order valence-corrected chi connectivity index (χ2v) is 8.89. The molecule has 9 heteroatoms. The first-order chi connectivity index (χ1) is 13.9. The van der Waals surface area contributed by atoms with E-state index in [9.17, 15) is 13.2 Å². The molecule has 2 aromatic rings. The predicted molar refractivity (Wildman–Crippen MR) is 109 cm³/mol. The van der Waals surface area contributed by atoms with Gasteiger partial charge >= 0.3 is 5.97 Å². The van der Waals surface area contributed by atoms with Crippen LogP contribution in [0.1, 0.15) is 60.3 Å². The van der Waals surface area contributed by atoms with Crippen molar-refractivity contribution in [1.82, 2.24) is 10.2 Å². The molecule has 2 N–H and O–H groups in total. The van der Waals surface area contributed by atoms with Crippen molar-refractivity contribution in [2.24, 2.45) is 0 Å². The Hall–Kier alpha value is -2.39. The van der Waals surface area contributed by atoms with Crippen molar-refractivity contribution in [1.29, 1.82) is 0 Å². The highest BCUT2D eigenvalue weighted by atomic mass is 32.2. The number of benzene rings is 1. The molecule has 0 unspecified atom stereocenters. The van der Waals surface area contributed by atoms with Crippen LogP contribution in [0.15, 0.2) is 29.2 Å². The van der Waals surface area contributed by atoms with Crippen molar-refractivity contribution < 1.29 is 22.7 Å². The van der Waals surface area contributed by atoms with Crippen LogP contribution < -0.4 is 4.72 Å². The molecule has 1 aromatic heterocycles. The van der Waals surface area contributed by atoms with Crippen molar-refractivity contribution in [3.8, 4) is 0 Å². The van der Waals surface area contributed by atoms with Gasteiger partial charge in [0.25, 0.3) is 10.0 Å². The van der Waals surface area contributed by atoms with Gasteiger partial charge in [-0.3, -0.25) is 9.82 Å². The molecular weight excluding hydrogens is 394 g/mol. The maximum Gasteiger partial charge on any atom is 0.361 e. The maximum absolute atomic E-state index is 13.0. The number of methoxy groups -OCH3 is 1. The van der Waals surface area contributed by atoms with E-state index >= 15 is 0 Å². The molecule has 0 aliphatic heterocycles. The number of carbonyl (C=O) groups is 1. The molecule has 0 saturated heterocycles. The lowest BCUT2D eigenvalue weighted by Crippen LogP contribution is -2.21. The summed E-state index contributed by atoms with van der Waals surface area (Å²) in [7, 11) is -2.19. The van der Waals surface area contributed by atoms with E-state index in [2.05, 4.69) is 14.9 Å².